The van der Waals surface area contributed by atoms with Crippen LogP contribution < -0.4 is 10.1 Å². The van der Waals surface area contributed by atoms with Gasteiger partial charge in [0.25, 0.3) is 0 Å². The predicted molar refractivity (Wildman–Crippen MR) is 104 cm³/mol. The highest BCUT2D eigenvalue weighted by Gasteiger charge is 2.43. The number of benzene rings is 1. The fraction of sp³-hybridized carbons (Fsp3) is 0.571. The van der Waals surface area contributed by atoms with Crippen LogP contribution in [-0.2, 0) is 14.4 Å². The van der Waals surface area contributed by atoms with Gasteiger partial charge in [-0.3, -0.25) is 14.4 Å². The van der Waals surface area contributed by atoms with E-state index in [0.717, 1.165) is 19.4 Å². The monoisotopic (exact) mass is 385 g/mol. The van der Waals surface area contributed by atoms with Crippen LogP contribution in [0.3, 0.4) is 0 Å². The number of nitrogens with one attached hydrogen (secondary N) is 1. The number of para-hydroxylation sites is 2. The molecule has 7 nitrogen and oxygen atoms in total. The maximum atomic E-state index is 13.0. The Hall–Kier alpha value is -2.57. The number of carbonyl (C=O) groups is 3. The predicted octanol–water partition coefficient (Wildman–Crippen LogP) is 2.03. The Bertz CT molecular complexity index is 786. The van der Waals surface area contributed by atoms with E-state index in [2.05, 4.69) is 5.32 Å². The van der Waals surface area contributed by atoms with Crippen LogP contribution in [0.2, 0.25) is 0 Å². The number of likely N-dealkylation sites (tertiary alicyclic amines) is 2. The summed E-state index contributed by atoms with van der Waals surface area (Å²) < 4.78 is 6.30. The Balaban J connectivity index is 1.42. The summed E-state index contributed by atoms with van der Waals surface area (Å²) >= 11 is 0. The Morgan fingerprint density at radius 1 is 1.14 bits per heavy atom. The molecule has 1 unspecified atom stereocenters. The van der Waals surface area contributed by atoms with Gasteiger partial charge in [-0.05, 0) is 25.0 Å². The first-order chi connectivity index (χ1) is 13.5. The molecule has 0 radical (unpaired) electrons. The lowest BCUT2D eigenvalue weighted by Gasteiger charge is -2.42. The van der Waals surface area contributed by atoms with Crippen molar-refractivity contribution in [2.45, 2.75) is 44.6 Å². The van der Waals surface area contributed by atoms with Crippen molar-refractivity contribution in [2.75, 3.05) is 31.5 Å². The van der Waals surface area contributed by atoms with Crippen molar-refractivity contribution in [2.24, 2.45) is 5.92 Å². The summed E-state index contributed by atoms with van der Waals surface area (Å²) in [5, 5.41) is 2.91. The third-order valence-electron chi connectivity index (χ3n) is 6.17. The van der Waals surface area contributed by atoms with Gasteiger partial charge in [0.1, 0.15) is 11.4 Å². The third-order valence-corrected chi connectivity index (χ3v) is 6.17. The number of hydrogen-bond acceptors (Lipinski definition) is 4. The highest BCUT2D eigenvalue weighted by molar-refractivity contribution is 5.93. The summed E-state index contributed by atoms with van der Waals surface area (Å²) in [4.78, 5) is 40.7. The van der Waals surface area contributed by atoms with Crippen LogP contribution in [0.5, 0.6) is 5.75 Å². The zero-order valence-electron chi connectivity index (χ0n) is 16.3. The van der Waals surface area contributed by atoms with E-state index in [9.17, 15) is 14.4 Å². The maximum Gasteiger partial charge on any atom is 0.228 e. The molecule has 3 heterocycles. The Labute approximate surface area is 165 Å². The summed E-state index contributed by atoms with van der Waals surface area (Å²) in [7, 11) is 0. The molecule has 1 aromatic rings. The zero-order chi connectivity index (χ0) is 19.7. The van der Waals surface area contributed by atoms with E-state index in [0.29, 0.717) is 50.3 Å². The third kappa shape index (κ3) is 3.70. The summed E-state index contributed by atoms with van der Waals surface area (Å²) in [5.41, 5.74) is 0.139. The van der Waals surface area contributed by atoms with Crippen molar-refractivity contribution in [3.8, 4) is 5.75 Å². The molecule has 1 atom stereocenters. The van der Waals surface area contributed by atoms with E-state index in [1.54, 1.807) is 11.8 Å². The molecule has 3 aliphatic heterocycles. The minimum atomic E-state index is -0.564. The van der Waals surface area contributed by atoms with Crippen molar-refractivity contribution in [3.63, 3.8) is 0 Å². The second-order valence-corrected chi connectivity index (χ2v) is 8.14. The number of nitrogens with zero attached hydrogens (tertiary/aromatic N) is 2. The molecule has 1 spiro atoms. The summed E-state index contributed by atoms with van der Waals surface area (Å²) in [6, 6.07) is 7.48. The fourth-order valence-corrected chi connectivity index (χ4v) is 4.55. The van der Waals surface area contributed by atoms with E-state index in [-0.39, 0.29) is 23.6 Å². The molecule has 150 valence electrons. The topological polar surface area (TPSA) is 79.0 Å². The molecular formula is C21H27N3O4. The lowest BCUT2D eigenvalue weighted by Crippen LogP contribution is -2.53. The molecule has 2 fully saturated rings. The van der Waals surface area contributed by atoms with Crippen LogP contribution in [0.15, 0.2) is 24.3 Å². The van der Waals surface area contributed by atoms with E-state index in [1.807, 2.05) is 29.2 Å². The normalized spacial score (nSPS) is 24.0. The quantitative estimate of drug-likeness (QED) is 0.802. The second-order valence-electron chi connectivity index (χ2n) is 8.14. The maximum absolute atomic E-state index is 13.0. The van der Waals surface area contributed by atoms with E-state index < -0.39 is 5.60 Å². The van der Waals surface area contributed by atoms with E-state index in [4.69, 9.17) is 4.74 Å². The zero-order valence-corrected chi connectivity index (χ0v) is 16.3. The summed E-state index contributed by atoms with van der Waals surface area (Å²) in [6.45, 7) is 3.96. The van der Waals surface area contributed by atoms with Gasteiger partial charge < -0.3 is 19.9 Å². The van der Waals surface area contributed by atoms with Crippen LogP contribution in [-0.4, -0.2) is 59.3 Å². The smallest absolute Gasteiger partial charge is 0.228 e. The largest absolute Gasteiger partial charge is 0.484 e. The lowest BCUT2D eigenvalue weighted by molar-refractivity contribution is -0.143. The van der Waals surface area contributed by atoms with Crippen LogP contribution >= 0.6 is 0 Å². The lowest BCUT2D eigenvalue weighted by atomic mass is 9.86. The minimum absolute atomic E-state index is 0.0339. The molecule has 0 aliphatic carbocycles. The number of hydrogen-bond donors (Lipinski definition) is 1. The standard InChI is InChI=1S/C21H27N3O4/c1-15(25)24-10-4-5-16(14-24)20(27)23-11-8-21(9-12-23)13-19(26)22-17-6-2-3-7-18(17)28-21/h2-3,6-7,16H,4-5,8-14H2,1H3,(H,22,26). The second kappa shape index (κ2) is 7.45. The SMILES string of the molecule is CC(=O)N1CCCC(C(=O)N2CCC3(CC2)CC(=O)Nc2ccccc2O3)C1. The first-order valence-electron chi connectivity index (χ1n) is 10.1. The molecule has 0 aromatic heterocycles. The van der Waals surface area contributed by atoms with Crippen molar-refractivity contribution in [3.05, 3.63) is 24.3 Å². The van der Waals surface area contributed by atoms with Gasteiger partial charge in [0.15, 0.2) is 0 Å². The summed E-state index contributed by atoms with van der Waals surface area (Å²) in [5.74, 6) is 0.684. The van der Waals surface area contributed by atoms with Crippen LogP contribution in [0, 0.1) is 5.92 Å². The summed E-state index contributed by atoms with van der Waals surface area (Å²) in [6.07, 6.45) is 3.25. The van der Waals surface area contributed by atoms with Crippen molar-refractivity contribution in [1.82, 2.24) is 9.80 Å². The molecule has 1 aromatic carbocycles. The van der Waals surface area contributed by atoms with Gasteiger partial charge in [-0.1, -0.05) is 12.1 Å². The molecule has 7 heteroatoms. The van der Waals surface area contributed by atoms with Crippen LogP contribution in [0.4, 0.5) is 5.69 Å². The van der Waals surface area contributed by atoms with Gasteiger partial charge in [0, 0.05) is 45.9 Å². The molecule has 28 heavy (non-hydrogen) atoms. The molecule has 4 rings (SSSR count). The number of ether oxygens (including phenoxy) is 1. The Morgan fingerprint density at radius 3 is 2.64 bits per heavy atom. The van der Waals surface area contributed by atoms with Gasteiger partial charge in [0.05, 0.1) is 18.0 Å². The van der Waals surface area contributed by atoms with Crippen molar-refractivity contribution >= 4 is 23.4 Å². The molecule has 3 aliphatic rings. The number of rotatable bonds is 1. The van der Waals surface area contributed by atoms with Gasteiger partial charge >= 0.3 is 0 Å². The molecule has 2 saturated heterocycles. The number of amides is 3. The molecule has 1 N–H and O–H groups in total. The van der Waals surface area contributed by atoms with E-state index in [1.165, 1.54) is 0 Å². The Kier molecular flexibility index (Phi) is 5.00. The van der Waals surface area contributed by atoms with Gasteiger partial charge in [-0.2, -0.15) is 0 Å². The van der Waals surface area contributed by atoms with Gasteiger partial charge in [-0.15, -0.1) is 0 Å². The highest BCUT2D eigenvalue weighted by Crippen LogP contribution is 2.38. The minimum Gasteiger partial charge on any atom is -0.484 e. The van der Waals surface area contributed by atoms with Crippen LogP contribution in [0.25, 0.3) is 0 Å². The molecule has 3 amide bonds. The van der Waals surface area contributed by atoms with Gasteiger partial charge in [-0.25, -0.2) is 0 Å². The van der Waals surface area contributed by atoms with E-state index >= 15 is 0 Å². The number of carbonyl (C=O) groups excluding carboxylic acids is 3. The van der Waals surface area contributed by atoms with Crippen molar-refractivity contribution in [1.29, 1.82) is 0 Å². The molecular weight excluding hydrogens is 358 g/mol. The Morgan fingerprint density at radius 2 is 1.89 bits per heavy atom. The van der Waals surface area contributed by atoms with Crippen molar-refractivity contribution < 1.29 is 19.1 Å². The van der Waals surface area contributed by atoms with Crippen LogP contribution in [0.1, 0.15) is 39.0 Å². The molecule has 0 bridgehead atoms. The number of anilines is 1. The average Bonchev–Trinajstić information content (AvgIpc) is 2.83. The average molecular weight is 385 g/mol. The first kappa shape index (κ1) is 18.8. The highest BCUT2D eigenvalue weighted by atomic mass is 16.5. The van der Waals surface area contributed by atoms with Gasteiger partial charge in [0.2, 0.25) is 17.7 Å². The number of piperidine rings is 2. The molecule has 0 saturated carbocycles. The number of fused-ring (bicyclic) bond motifs is 1. The fourth-order valence-electron chi connectivity index (χ4n) is 4.55. The first-order valence-corrected chi connectivity index (χ1v) is 10.1.